The molecule has 1 unspecified atom stereocenters. The van der Waals surface area contributed by atoms with Crippen LogP contribution in [0.3, 0.4) is 0 Å². The van der Waals surface area contributed by atoms with Gasteiger partial charge < -0.3 is 14.8 Å². The topological polar surface area (TPSA) is 30.5 Å². The molecule has 1 N–H and O–H groups in total. The highest BCUT2D eigenvalue weighted by Gasteiger charge is 2.39. The molecule has 1 atom stereocenters. The highest BCUT2D eigenvalue weighted by molar-refractivity contribution is 9.10. The summed E-state index contributed by atoms with van der Waals surface area (Å²) < 4.78 is 12.5. The van der Waals surface area contributed by atoms with E-state index in [0.29, 0.717) is 12.6 Å². The van der Waals surface area contributed by atoms with E-state index in [2.05, 4.69) is 40.3 Å². The summed E-state index contributed by atoms with van der Waals surface area (Å²) in [5.74, 6) is 0.911. The van der Waals surface area contributed by atoms with Crippen LogP contribution in [0, 0.1) is 0 Å². The summed E-state index contributed by atoms with van der Waals surface area (Å²) in [5, 5.41) is 3.60. The van der Waals surface area contributed by atoms with E-state index in [1.54, 1.807) is 0 Å². The Morgan fingerprint density at radius 1 is 1.33 bits per heavy atom. The van der Waals surface area contributed by atoms with Gasteiger partial charge in [0, 0.05) is 17.6 Å². The molecule has 21 heavy (non-hydrogen) atoms. The standard InChI is InChI=1S/C17H26BrNO2/c1-4-19-16(12-17(20-3)9-6-10-17)14-8-7-13(21-5-2)11-15(14)18/h7-8,11,16,19H,4-6,9-10,12H2,1-3H3. The number of ether oxygens (including phenoxy) is 2. The molecule has 0 heterocycles. The summed E-state index contributed by atoms with van der Waals surface area (Å²) in [5.41, 5.74) is 1.34. The lowest BCUT2D eigenvalue weighted by Gasteiger charge is -2.43. The van der Waals surface area contributed by atoms with Crippen LogP contribution in [-0.2, 0) is 4.74 Å². The zero-order valence-corrected chi connectivity index (χ0v) is 14.8. The normalized spacial score (nSPS) is 18.1. The fourth-order valence-corrected chi connectivity index (χ4v) is 3.65. The zero-order chi connectivity index (χ0) is 15.3. The van der Waals surface area contributed by atoms with Gasteiger partial charge in [0.25, 0.3) is 0 Å². The fourth-order valence-electron chi connectivity index (χ4n) is 3.02. The van der Waals surface area contributed by atoms with Gasteiger partial charge in [0.05, 0.1) is 12.2 Å². The monoisotopic (exact) mass is 355 g/mol. The average Bonchev–Trinajstić information content (AvgIpc) is 2.42. The maximum absolute atomic E-state index is 5.79. The maximum atomic E-state index is 5.79. The minimum Gasteiger partial charge on any atom is -0.494 e. The second-order valence-corrected chi connectivity index (χ2v) is 6.53. The first kappa shape index (κ1) is 16.8. The number of benzene rings is 1. The molecular weight excluding hydrogens is 330 g/mol. The quantitative estimate of drug-likeness (QED) is 0.746. The van der Waals surface area contributed by atoms with Crippen molar-refractivity contribution in [2.24, 2.45) is 0 Å². The van der Waals surface area contributed by atoms with Gasteiger partial charge in [-0.2, -0.15) is 0 Å². The van der Waals surface area contributed by atoms with E-state index in [9.17, 15) is 0 Å². The molecule has 0 bridgehead atoms. The zero-order valence-electron chi connectivity index (χ0n) is 13.2. The fraction of sp³-hybridized carbons (Fsp3) is 0.647. The summed E-state index contributed by atoms with van der Waals surface area (Å²) >= 11 is 3.70. The molecule has 3 nitrogen and oxygen atoms in total. The predicted molar refractivity (Wildman–Crippen MR) is 89.9 cm³/mol. The van der Waals surface area contributed by atoms with Crippen molar-refractivity contribution in [3.05, 3.63) is 28.2 Å². The number of rotatable bonds is 8. The molecule has 1 saturated carbocycles. The van der Waals surface area contributed by atoms with Gasteiger partial charge in [-0.15, -0.1) is 0 Å². The highest BCUT2D eigenvalue weighted by atomic mass is 79.9. The number of hydrogen-bond acceptors (Lipinski definition) is 3. The lowest BCUT2D eigenvalue weighted by atomic mass is 9.74. The van der Waals surface area contributed by atoms with Crippen LogP contribution in [0.25, 0.3) is 0 Å². The molecule has 0 aliphatic heterocycles. The molecule has 0 amide bonds. The van der Waals surface area contributed by atoms with Crippen molar-refractivity contribution in [2.75, 3.05) is 20.3 Å². The molecule has 2 rings (SSSR count). The molecule has 1 fully saturated rings. The number of nitrogens with one attached hydrogen (secondary N) is 1. The minimum atomic E-state index is 0.0604. The van der Waals surface area contributed by atoms with Crippen LogP contribution in [-0.4, -0.2) is 25.9 Å². The summed E-state index contributed by atoms with van der Waals surface area (Å²) in [6.45, 7) is 5.79. The smallest absolute Gasteiger partial charge is 0.120 e. The van der Waals surface area contributed by atoms with Crippen molar-refractivity contribution in [1.29, 1.82) is 0 Å². The van der Waals surface area contributed by atoms with Crippen LogP contribution in [0.15, 0.2) is 22.7 Å². The Kier molecular flexibility index (Phi) is 6.08. The summed E-state index contributed by atoms with van der Waals surface area (Å²) in [6.07, 6.45) is 4.63. The Morgan fingerprint density at radius 3 is 2.57 bits per heavy atom. The van der Waals surface area contributed by atoms with Gasteiger partial charge in [-0.25, -0.2) is 0 Å². The Labute approximate surface area is 136 Å². The molecule has 0 spiro atoms. The van der Waals surface area contributed by atoms with Crippen LogP contribution in [0.2, 0.25) is 0 Å². The Balaban J connectivity index is 2.17. The van der Waals surface area contributed by atoms with Crippen molar-refractivity contribution < 1.29 is 9.47 Å². The van der Waals surface area contributed by atoms with E-state index in [-0.39, 0.29) is 5.60 Å². The van der Waals surface area contributed by atoms with E-state index < -0.39 is 0 Å². The second-order valence-electron chi connectivity index (χ2n) is 5.67. The van der Waals surface area contributed by atoms with Crippen LogP contribution in [0.4, 0.5) is 0 Å². The van der Waals surface area contributed by atoms with Crippen LogP contribution >= 0.6 is 15.9 Å². The molecule has 1 aromatic carbocycles. The summed E-state index contributed by atoms with van der Waals surface area (Å²) in [7, 11) is 1.84. The SMILES string of the molecule is CCNC(CC1(OC)CCC1)c1ccc(OCC)cc1Br. The second kappa shape index (κ2) is 7.61. The van der Waals surface area contributed by atoms with Gasteiger partial charge >= 0.3 is 0 Å². The van der Waals surface area contributed by atoms with E-state index in [1.165, 1.54) is 24.8 Å². The van der Waals surface area contributed by atoms with Gasteiger partial charge in [0.1, 0.15) is 5.75 Å². The third-order valence-electron chi connectivity index (χ3n) is 4.38. The van der Waals surface area contributed by atoms with Crippen molar-refractivity contribution in [1.82, 2.24) is 5.32 Å². The van der Waals surface area contributed by atoms with Crippen molar-refractivity contribution in [3.8, 4) is 5.75 Å². The van der Waals surface area contributed by atoms with E-state index in [4.69, 9.17) is 9.47 Å². The van der Waals surface area contributed by atoms with Crippen molar-refractivity contribution in [3.63, 3.8) is 0 Å². The van der Waals surface area contributed by atoms with Crippen molar-refractivity contribution >= 4 is 15.9 Å². The first-order valence-electron chi connectivity index (χ1n) is 7.85. The third kappa shape index (κ3) is 3.99. The number of hydrogen-bond donors (Lipinski definition) is 1. The molecule has 0 aromatic heterocycles. The van der Waals surface area contributed by atoms with E-state index in [1.807, 2.05) is 20.1 Å². The predicted octanol–water partition coefficient (Wildman–Crippen LogP) is 4.46. The molecule has 1 aliphatic carbocycles. The highest BCUT2D eigenvalue weighted by Crippen LogP contribution is 2.43. The Bertz CT molecular complexity index is 455. The number of halogens is 1. The van der Waals surface area contributed by atoms with Gasteiger partial charge in [-0.3, -0.25) is 0 Å². The van der Waals surface area contributed by atoms with Gasteiger partial charge in [-0.1, -0.05) is 28.9 Å². The van der Waals surface area contributed by atoms with Crippen LogP contribution in [0.1, 0.15) is 51.1 Å². The lowest BCUT2D eigenvalue weighted by Crippen LogP contribution is -2.43. The van der Waals surface area contributed by atoms with Gasteiger partial charge in [-0.05, 0) is 56.8 Å². The number of methoxy groups -OCH3 is 1. The molecule has 1 aromatic rings. The van der Waals surface area contributed by atoms with Gasteiger partial charge in [0.15, 0.2) is 0 Å². The summed E-state index contributed by atoms with van der Waals surface area (Å²) in [4.78, 5) is 0. The van der Waals surface area contributed by atoms with Crippen LogP contribution in [0.5, 0.6) is 5.75 Å². The first-order chi connectivity index (χ1) is 10.1. The van der Waals surface area contributed by atoms with Crippen molar-refractivity contribution in [2.45, 2.75) is 51.2 Å². The van der Waals surface area contributed by atoms with E-state index in [0.717, 1.165) is 23.2 Å². The minimum absolute atomic E-state index is 0.0604. The molecular formula is C17H26BrNO2. The maximum Gasteiger partial charge on any atom is 0.120 e. The largest absolute Gasteiger partial charge is 0.494 e. The van der Waals surface area contributed by atoms with Gasteiger partial charge in [0.2, 0.25) is 0 Å². The molecule has 0 radical (unpaired) electrons. The molecule has 118 valence electrons. The van der Waals surface area contributed by atoms with E-state index >= 15 is 0 Å². The molecule has 0 saturated heterocycles. The molecule has 1 aliphatic rings. The van der Waals surface area contributed by atoms with Crippen LogP contribution < -0.4 is 10.1 Å². The Morgan fingerprint density at radius 2 is 2.10 bits per heavy atom. The average molecular weight is 356 g/mol. The molecule has 4 heteroatoms. The Hall–Kier alpha value is -0.580. The summed E-state index contributed by atoms with van der Waals surface area (Å²) in [6, 6.07) is 6.57. The lowest BCUT2D eigenvalue weighted by molar-refractivity contribution is -0.0837. The first-order valence-corrected chi connectivity index (χ1v) is 8.64. The third-order valence-corrected chi connectivity index (χ3v) is 5.07.